The lowest BCUT2D eigenvalue weighted by molar-refractivity contribution is 0.684. The second kappa shape index (κ2) is 6.91. The van der Waals surface area contributed by atoms with Gasteiger partial charge in [0.2, 0.25) is 0 Å². The number of rotatable bonds is 4. The molecule has 0 aliphatic carbocycles. The highest BCUT2D eigenvalue weighted by atomic mass is 35.5. The van der Waals surface area contributed by atoms with Crippen molar-refractivity contribution in [1.29, 1.82) is 0 Å². The number of aromatic nitrogens is 3. The van der Waals surface area contributed by atoms with E-state index in [2.05, 4.69) is 25.7 Å². The van der Waals surface area contributed by atoms with Crippen LogP contribution < -0.4 is 10.6 Å². The fourth-order valence-corrected chi connectivity index (χ4v) is 1.78. The molecule has 20 heavy (non-hydrogen) atoms. The van der Waals surface area contributed by atoms with Gasteiger partial charge in [0.1, 0.15) is 5.15 Å². The van der Waals surface area contributed by atoms with Gasteiger partial charge >= 0.3 is 0 Å². The number of hydrogen-bond donors (Lipinski definition) is 2. The minimum Gasteiger partial charge on any atom is -0.352 e. The molecule has 0 atom stereocenters. The summed E-state index contributed by atoms with van der Waals surface area (Å²) >= 11 is 5.75. The van der Waals surface area contributed by atoms with E-state index >= 15 is 0 Å². The molecule has 0 bridgehead atoms. The van der Waals surface area contributed by atoms with Crippen LogP contribution >= 0.6 is 11.6 Å². The molecule has 0 saturated heterocycles. The Bertz CT molecular complexity index is 575. The van der Waals surface area contributed by atoms with Gasteiger partial charge in [-0.15, -0.1) is 0 Å². The summed E-state index contributed by atoms with van der Waals surface area (Å²) in [5.41, 5.74) is 2.12. The quantitative estimate of drug-likeness (QED) is 0.507. The molecule has 0 amide bonds. The Balaban J connectivity index is 1.84. The molecule has 2 aromatic rings. The molecule has 106 valence electrons. The Labute approximate surface area is 122 Å². The van der Waals surface area contributed by atoms with E-state index in [0.717, 1.165) is 17.2 Å². The van der Waals surface area contributed by atoms with Gasteiger partial charge in [-0.3, -0.25) is 9.67 Å². The topological polar surface area (TPSA) is 67.1 Å². The van der Waals surface area contributed by atoms with Crippen LogP contribution in [0, 0.1) is 0 Å². The standard InChI is InChI=1S/C13H17ClN6/c1-15-13(18-9-11-5-6-19-20(11)2)17-8-10-3-4-12(14)16-7-10/h3-7H,8-9H2,1-2H3,(H2,15,17,18). The minimum atomic E-state index is 0.493. The number of guanidine groups is 1. The lowest BCUT2D eigenvalue weighted by atomic mass is 10.3. The van der Waals surface area contributed by atoms with E-state index in [9.17, 15) is 0 Å². The molecule has 0 aliphatic heterocycles. The third-order valence-electron chi connectivity index (χ3n) is 2.83. The van der Waals surface area contributed by atoms with Crippen molar-refractivity contribution in [3.63, 3.8) is 0 Å². The molecule has 0 unspecified atom stereocenters. The molecule has 2 rings (SSSR count). The van der Waals surface area contributed by atoms with Crippen LogP contribution in [0.3, 0.4) is 0 Å². The Morgan fingerprint density at radius 1 is 1.30 bits per heavy atom. The van der Waals surface area contributed by atoms with Gasteiger partial charge in [-0.25, -0.2) is 4.98 Å². The third kappa shape index (κ3) is 3.96. The molecule has 0 radical (unpaired) electrons. The number of pyridine rings is 1. The first-order valence-corrected chi connectivity index (χ1v) is 6.58. The molecule has 2 N–H and O–H groups in total. The van der Waals surface area contributed by atoms with Crippen LogP contribution in [0.4, 0.5) is 0 Å². The predicted molar refractivity (Wildman–Crippen MR) is 79.5 cm³/mol. The maximum atomic E-state index is 5.75. The molecule has 7 heteroatoms. The Hall–Kier alpha value is -2.08. The summed E-state index contributed by atoms with van der Waals surface area (Å²) in [6.07, 6.45) is 3.51. The van der Waals surface area contributed by atoms with Crippen molar-refractivity contribution >= 4 is 17.6 Å². The van der Waals surface area contributed by atoms with Crippen molar-refractivity contribution in [2.75, 3.05) is 7.05 Å². The predicted octanol–water partition coefficient (Wildman–Crippen LogP) is 1.33. The van der Waals surface area contributed by atoms with Crippen LogP contribution in [-0.4, -0.2) is 27.8 Å². The van der Waals surface area contributed by atoms with E-state index in [1.54, 1.807) is 25.5 Å². The van der Waals surface area contributed by atoms with E-state index in [0.29, 0.717) is 18.2 Å². The number of aliphatic imine (C=N–C) groups is 1. The van der Waals surface area contributed by atoms with Crippen molar-refractivity contribution in [3.05, 3.63) is 47.0 Å². The molecule has 2 aromatic heterocycles. The second-order valence-electron chi connectivity index (χ2n) is 4.21. The number of hydrogen-bond acceptors (Lipinski definition) is 3. The monoisotopic (exact) mass is 292 g/mol. The molecule has 6 nitrogen and oxygen atoms in total. The highest BCUT2D eigenvalue weighted by Gasteiger charge is 2.01. The first kappa shape index (κ1) is 14.3. The molecular formula is C13H17ClN6. The average Bonchev–Trinajstić information content (AvgIpc) is 2.86. The zero-order valence-electron chi connectivity index (χ0n) is 11.5. The van der Waals surface area contributed by atoms with Gasteiger partial charge in [-0.1, -0.05) is 17.7 Å². The van der Waals surface area contributed by atoms with Crippen molar-refractivity contribution in [3.8, 4) is 0 Å². The van der Waals surface area contributed by atoms with Crippen LogP contribution in [0.2, 0.25) is 5.15 Å². The summed E-state index contributed by atoms with van der Waals surface area (Å²) in [4.78, 5) is 8.20. The summed E-state index contributed by atoms with van der Waals surface area (Å²) in [5, 5.41) is 11.0. The molecule has 0 spiro atoms. The molecule has 0 fully saturated rings. The Morgan fingerprint density at radius 3 is 2.70 bits per heavy atom. The van der Waals surface area contributed by atoms with Gasteiger partial charge in [-0.2, -0.15) is 5.10 Å². The lowest BCUT2D eigenvalue weighted by Crippen LogP contribution is -2.36. The minimum absolute atomic E-state index is 0.493. The summed E-state index contributed by atoms with van der Waals surface area (Å²) < 4.78 is 1.82. The van der Waals surface area contributed by atoms with Crippen molar-refractivity contribution < 1.29 is 0 Å². The fraction of sp³-hybridized carbons (Fsp3) is 0.308. The van der Waals surface area contributed by atoms with Crippen LogP contribution in [0.5, 0.6) is 0 Å². The van der Waals surface area contributed by atoms with E-state index in [1.165, 1.54) is 0 Å². The van der Waals surface area contributed by atoms with Crippen LogP contribution in [0.25, 0.3) is 0 Å². The third-order valence-corrected chi connectivity index (χ3v) is 3.06. The van der Waals surface area contributed by atoms with Gasteiger partial charge < -0.3 is 10.6 Å². The van der Waals surface area contributed by atoms with Gasteiger partial charge in [0.15, 0.2) is 5.96 Å². The Kier molecular flexibility index (Phi) is 4.95. The van der Waals surface area contributed by atoms with Gasteiger partial charge in [-0.05, 0) is 17.7 Å². The van der Waals surface area contributed by atoms with Crippen molar-refractivity contribution in [2.24, 2.45) is 12.0 Å². The van der Waals surface area contributed by atoms with Crippen LogP contribution in [0.15, 0.2) is 35.6 Å². The summed E-state index contributed by atoms with van der Waals surface area (Å²) in [5.74, 6) is 0.723. The number of nitrogens with one attached hydrogen (secondary N) is 2. The number of halogens is 1. The van der Waals surface area contributed by atoms with Gasteiger partial charge in [0.05, 0.1) is 12.2 Å². The highest BCUT2D eigenvalue weighted by Crippen LogP contribution is 2.04. The molecule has 0 aromatic carbocycles. The first-order chi connectivity index (χ1) is 9.69. The lowest BCUT2D eigenvalue weighted by Gasteiger charge is -2.11. The largest absolute Gasteiger partial charge is 0.352 e. The SMILES string of the molecule is CN=C(NCc1ccc(Cl)nc1)NCc1ccnn1C. The zero-order valence-corrected chi connectivity index (χ0v) is 12.2. The van der Waals surface area contributed by atoms with Crippen LogP contribution in [-0.2, 0) is 20.1 Å². The highest BCUT2D eigenvalue weighted by molar-refractivity contribution is 6.29. The number of aryl methyl sites for hydroxylation is 1. The maximum Gasteiger partial charge on any atom is 0.191 e. The van der Waals surface area contributed by atoms with Crippen LogP contribution in [0.1, 0.15) is 11.3 Å². The summed E-state index contributed by atoms with van der Waals surface area (Å²) in [6.45, 7) is 1.30. The number of nitrogens with zero attached hydrogens (tertiary/aromatic N) is 4. The van der Waals surface area contributed by atoms with Crippen molar-refractivity contribution in [1.82, 2.24) is 25.4 Å². The molecule has 2 heterocycles. The second-order valence-corrected chi connectivity index (χ2v) is 4.60. The fourth-order valence-electron chi connectivity index (χ4n) is 1.67. The smallest absolute Gasteiger partial charge is 0.191 e. The first-order valence-electron chi connectivity index (χ1n) is 6.21. The van der Waals surface area contributed by atoms with Crippen molar-refractivity contribution in [2.45, 2.75) is 13.1 Å². The average molecular weight is 293 g/mol. The Morgan fingerprint density at radius 2 is 2.10 bits per heavy atom. The van der Waals surface area contributed by atoms with E-state index in [1.807, 2.05) is 23.9 Å². The maximum absolute atomic E-state index is 5.75. The molecular weight excluding hydrogens is 276 g/mol. The van der Waals surface area contributed by atoms with E-state index in [4.69, 9.17) is 11.6 Å². The van der Waals surface area contributed by atoms with E-state index < -0.39 is 0 Å². The van der Waals surface area contributed by atoms with Gasteiger partial charge in [0, 0.05) is 33.0 Å². The molecule has 0 saturated carbocycles. The summed E-state index contributed by atoms with van der Waals surface area (Å²) in [6, 6.07) is 5.66. The zero-order chi connectivity index (χ0) is 14.4. The summed E-state index contributed by atoms with van der Waals surface area (Å²) in [7, 11) is 3.64. The normalized spacial score (nSPS) is 11.4. The molecule has 0 aliphatic rings. The van der Waals surface area contributed by atoms with E-state index in [-0.39, 0.29) is 0 Å². The van der Waals surface area contributed by atoms with Gasteiger partial charge in [0.25, 0.3) is 0 Å².